The summed E-state index contributed by atoms with van der Waals surface area (Å²) in [5, 5.41) is 4.70. The molecule has 0 atom stereocenters. The number of fused-ring (bicyclic) bond motifs is 1. The number of nitrogens with two attached hydrogens (primary N) is 1. The first kappa shape index (κ1) is 13.7. The Bertz CT molecular complexity index is 883. The van der Waals surface area contributed by atoms with Crippen LogP contribution in [0.1, 0.15) is 28.9 Å². The van der Waals surface area contributed by atoms with Crippen LogP contribution in [-0.2, 0) is 6.42 Å². The number of nitrogens with zero attached hydrogens (tertiary/aromatic N) is 3. The molecule has 1 aliphatic rings. The van der Waals surface area contributed by atoms with Crippen molar-refractivity contribution >= 4 is 11.5 Å². The highest BCUT2D eigenvalue weighted by Gasteiger charge is 2.28. The average Bonchev–Trinajstić information content (AvgIpc) is 2.97. The Morgan fingerprint density at radius 3 is 2.78 bits per heavy atom. The van der Waals surface area contributed by atoms with Gasteiger partial charge in [-0.05, 0) is 37.1 Å². The number of hydrogen-bond acceptors (Lipinski definition) is 4. The number of hydrogen-bond donors (Lipinski definition) is 1. The molecular weight excluding hydrogens is 288 g/mol. The average molecular weight is 304 g/mol. The zero-order valence-electron chi connectivity index (χ0n) is 12.6. The molecule has 4 rings (SSSR count). The lowest BCUT2D eigenvalue weighted by Crippen LogP contribution is -2.13. The number of carbonyl (C=O) groups is 1. The van der Waals surface area contributed by atoms with Gasteiger partial charge in [-0.1, -0.05) is 18.2 Å². The summed E-state index contributed by atoms with van der Waals surface area (Å²) in [6, 6.07) is 13.2. The molecule has 0 unspecified atom stereocenters. The second-order valence-corrected chi connectivity index (χ2v) is 5.67. The fourth-order valence-corrected chi connectivity index (χ4v) is 3.07. The van der Waals surface area contributed by atoms with Gasteiger partial charge < -0.3 is 5.73 Å². The number of pyridine rings is 1. The van der Waals surface area contributed by atoms with Gasteiger partial charge in [0.1, 0.15) is 5.69 Å². The van der Waals surface area contributed by atoms with Gasteiger partial charge in [0.2, 0.25) is 0 Å². The van der Waals surface area contributed by atoms with Crippen LogP contribution in [0.3, 0.4) is 0 Å². The maximum absolute atomic E-state index is 12.5. The number of anilines is 1. The highest BCUT2D eigenvalue weighted by atomic mass is 16.1. The largest absolute Gasteiger partial charge is 0.399 e. The minimum atomic E-state index is 0.144. The van der Waals surface area contributed by atoms with Crippen LogP contribution in [0.4, 0.5) is 5.69 Å². The van der Waals surface area contributed by atoms with Gasteiger partial charge in [-0.3, -0.25) is 4.79 Å². The molecule has 114 valence electrons. The van der Waals surface area contributed by atoms with Crippen LogP contribution >= 0.6 is 0 Å². The van der Waals surface area contributed by atoms with E-state index >= 15 is 0 Å². The van der Waals surface area contributed by atoms with Crippen LogP contribution in [0.2, 0.25) is 0 Å². The molecule has 5 nitrogen and oxygen atoms in total. The fraction of sp³-hybridized carbons (Fsp3) is 0.167. The van der Waals surface area contributed by atoms with E-state index < -0.39 is 0 Å². The SMILES string of the molecule is Nc1cccc(-c2nn(-c3ccccn3)c3c2C(=O)CCC3)c1. The molecule has 0 saturated carbocycles. The maximum atomic E-state index is 12.5. The summed E-state index contributed by atoms with van der Waals surface area (Å²) in [6.07, 6.45) is 3.97. The summed E-state index contributed by atoms with van der Waals surface area (Å²) < 4.78 is 1.80. The molecule has 0 aliphatic heterocycles. The lowest BCUT2D eigenvalue weighted by atomic mass is 9.92. The maximum Gasteiger partial charge on any atom is 0.166 e. The number of rotatable bonds is 2. The summed E-state index contributed by atoms with van der Waals surface area (Å²) in [5.41, 5.74) is 9.77. The first-order valence-electron chi connectivity index (χ1n) is 7.66. The van der Waals surface area contributed by atoms with Crippen molar-refractivity contribution in [1.29, 1.82) is 0 Å². The van der Waals surface area contributed by atoms with Crippen LogP contribution in [0.15, 0.2) is 48.7 Å². The quantitative estimate of drug-likeness (QED) is 0.738. The Balaban J connectivity index is 1.97. The minimum absolute atomic E-state index is 0.144. The van der Waals surface area contributed by atoms with E-state index in [4.69, 9.17) is 10.8 Å². The molecule has 0 saturated heterocycles. The lowest BCUT2D eigenvalue weighted by Gasteiger charge is -2.13. The zero-order chi connectivity index (χ0) is 15.8. The highest BCUT2D eigenvalue weighted by molar-refractivity contribution is 6.03. The lowest BCUT2D eigenvalue weighted by molar-refractivity contribution is 0.0973. The molecule has 5 heteroatoms. The van der Waals surface area contributed by atoms with E-state index in [9.17, 15) is 4.79 Å². The van der Waals surface area contributed by atoms with Crippen LogP contribution in [0.25, 0.3) is 17.1 Å². The third-order valence-electron chi connectivity index (χ3n) is 4.10. The van der Waals surface area contributed by atoms with E-state index in [1.54, 1.807) is 10.9 Å². The van der Waals surface area contributed by atoms with Gasteiger partial charge in [-0.15, -0.1) is 0 Å². The molecule has 1 aliphatic carbocycles. The van der Waals surface area contributed by atoms with Gasteiger partial charge in [-0.25, -0.2) is 9.67 Å². The Labute approximate surface area is 133 Å². The van der Waals surface area contributed by atoms with Crippen molar-refractivity contribution in [3.63, 3.8) is 0 Å². The molecule has 0 bridgehead atoms. The normalized spacial score (nSPS) is 13.8. The molecule has 0 amide bonds. The molecular formula is C18H16N4O. The molecule has 0 radical (unpaired) electrons. The van der Waals surface area contributed by atoms with Crippen LogP contribution in [0.5, 0.6) is 0 Å². The van der Waals surface area contributed by atoms with Crippen molar-refractivity contribution in [2.45, 2.75) is 19.3 Å². The molecule has 2 N–H and O–H groups in total. The number of Topliss-reactive ketones (excluding diaryl/α,β-unsaturated/α-hetero) is 1. The topological polar surface area (TPSA) is 73.8 Å². The predicted octanol–water partition coefficient (Wildman–Crippen LogP) is 3.04. The van der Waals surface area contributed by atoms with E-state index in [2.05, 4.69) is 4.98 Å². The van der Waals surface area contributed by atoms with Gasteiger partial charge in [0.15, 0.2) is 11.6 Å². The second-order valence-electron chi connectivity index (χ2n) is 5.67. The van der Waals surface area contributed by atoms with Gasteiger partial charge in [-0.2, -0.15) is 5.10 Å². The number of benzene rings is 1. The Morgan fingerprint density at radius 2 is 2.00 bits per heavy atom. The van der Waals surface area contributed by atoms with Crippen molar-refractivity contribution in [2.24, 2.45) is 0 Å². The van der Waals surface area contributed by atoms with Crippen molar-refractivity contribution in [3.05, 3.63) is 59.9 Å². The number of ketones is 1. The van der Waals surface area contributed by atoms with Crippen LogP contribution < -0.4 is 5.73 Å². The van der Waals surface area contributed by atoms with Crippen LogP contribution in [-0.4, -0.2) is 20.5 Å². The van der Waals surface area contributed by atoms with Gasteiger partial charge in [0, 0.05) is 23.9 Å². The van der Waals surface area contributed by atoms with Crippen molar-refractivity contribution < 1.29 is 4.79 Å². The first-order valence-corrected chi connectivity index (χ1v) is 7.66. The third-order valence-corrected chi connectivity index (χ3v) is 4.10. The number of nitrogen functional groups attached to an aromatic ring is 1. The van der Waals surface area contributed by atoms with Crippen molar-refractivity contribution in [2.75, 3.05) is 5.73 Å². The molecule has 1 aromatic carbocycles. The van der Waals surface area contributed by atoms with Crippen molar-refractivity contribution in [3.8, 4) is 17.1 Å². The van der Waals surface area contributed by atoms with E-state index in [0.717, 1.165) is 29.9 Å². The second kappa shape index (κ2) is 5.35. The molecule has 0 spiro atoms. The van der Waals surface area contributed by atoms with E-state index in [1.165, 1.54) is 0 Å². The molecule has 3 aromatic rings. The minimum Gasteiger partial charge on any atom is -0.399 e. The van der Waals surface area contributed by atoms with E-state index in [-0.39, 0.29) is 5.78 Å². The summed E-state index contributed by atoms with van der Waals surface area (Å²) >= 11 is 0. The number of aromatic nitrogens is 3. The standard InChI is InChI=1S/C18H16N4O/c19-13-6-3-5-12(11-13)18-17-14(7-4-8-15(17)23)22(21-18)16-9-1-2-10-20-16/h1-3,5-6,9-11H,4,7-8,19H2. The molecule has 23 heavy (non-hydrogen) atoms. The van der Waals surface area contributed by atoms with Crippen molar-refractivity contribution in [1.82, 2.24) is 14.8 Å². The van der Waals surface area contributed by atoms with Gasteiger partial charge in [0.05, 0.1) is 11.3 Å². The summed E-state index contributed by atoms with van der Waals surface area (Å²) in [5.74, 6) is 0.874. The smallest absolute Gasteiger partial charge is 0.166 e. The monoisotopic (exact) mass is 304 g/mol. The highest BCUT2D eigenvalue weighted by Crippen LogP contribution is 2.33. The fourth-order valence-electron chi connectivity index (χ4n) is 3.07. The van der Waals surface area contributed by atoms with Gasteiger partial charge in [0.25, 0.3) is 0 Å². The molecule has 2 aromatic heterocycles. The number of carbonyl (C=O) groups excluding carboxylic acids is 1. The Kier molecular flexibility index (Phi) is 3.19. The molecule has 0 fully saturated rings. The Morgan fingerprint density at radius 1 is 1.09 bits per heavy atom. The van der Waals surface area contributed by atoms with Gasteiger partial charge >= 0.3 is 0 Å². The third kappa shape index (κ3) is 2.30. The predicted molar refractivity (Wildman–Crippen MR) is 88.5 cm³/mol. The summed E-state index contributed by atoms with van der Waals surface area (Å²) in [7, 11) is 0. The summed E-state index contributed by atoms with van der Waals surface area (Å²) in [6.45, 7) is 0. The molecule has 2 heterocycles. The van der Waals surface area contributed by atoms with E-state index in [0.29, 0.717) is 23.4 Å². The van der Waals surface area contributed by atoms with Crippen LogP contribution in [0, 0.1) is 0 Å². The first-order chi connectivity index (χ1) is 11.2. The summed E-state index contributed by atoms with van der Waals surface area (Å²) in [4.78, 5) is 16.9. The zero-order valence-corrected chi connectivity index (χ0v) is 12.6. The van der Waals surface area contributed by atoms with E-state index in [1.807, 2.05) is 42.5 Å². The Hall–Kier alpha value is -2.95.